The Morgan fingerprint density at radius 2 is 1.63 bits per heavy atom. The van der Waals surface area contributed by atoms with Crippen molar-refractivity contribution in [2.45, 2.75) is 13.5 Å². The molecule has 0 saturated carbocycles. The maximum Gasteiger partial charge on any atom is 0.253 e. The SMILES string of the molecule is Cc1ccnn1-c1ccc(C(=O)N2CCN(Cc3ccccc3)CC2)cc1. The van der Waals surface area contributed by atoms with Gasteiger partial charge in [0.15, 0.2) is 0 Å². The highest BCUT2D eigenvalue weighted by Crippen LogP contribution is 2.15. The number of aromatic nitrogens is 2. The fourth-order valence-corrected chi connectivity index (χ4v) is 3.52. The molecule has 1 aromatic heterocycles. The smallest absolute Gasteiger partial charge is 0.253 e. The second-order valence-electron chi connectivity index (χ2n) is 6.99. The van der Waals surface area contributed by atoms with Crippen molar-refractivity contribution < 1.29 is 4.79 Å². The predicted molar refractivity (Wildman–Crippen MR) is 106 cm³/mol. The van der Waals surface area contributed by atoms with E-state index in [1.54, 1.807) is 6.20 Å². The molecule has 0 aliphatic carbocycles. The van der Waals surface area contributed by atoms with Crippen molar-refractivity contribution >= 4 is 5.91 Å². The summed E-state index contributed by atoms with van der Waals surface area (Å²) in [5.41, 5.74) is 4.10. The van der Waals surface area contributed by atoms with Crippen LogP contribution in [0.3, 0.4) is 0 Å². The highest BCUT2D eigenvalue weighted by atomic mass is 16.2. The molecule has 0 bridgehead atoms. The van der Waals surface area contributed by atoms with E-state index in [1.165, 1.54) is 5.56 Å². The van der Waals surface area contributed by atoms with E-state index < -0.39 is 0 Å². The van der Waals surface area contributed by atoms with Crippen LogP contribution in [0.25, 0.3) is 5.69 Å². The van der Waals surface area contributed by atoms with Crippen molar-refractivity contribution in [3.8, 4) is 5.69 Å². The first-order chi connectivity index (χ1) is 13.2. The molecule has 4 rings (SSSR count). The van der Waals surface area contributed by atoms with Gasteiger partial charge in [-0.1, -0.05) is 30.3 Å². The molecular formula is C22H24N4O. The van der Waals surface area contributed by atoms with Gasteiger partial charge in [0.2, 0.25) is 0 Å². The van der Waals surface area contributed by atoms with Gasteiger partial charge in [-0.05, 0) is 42.8 Å². The minimum Gasteiger partial charge on any atom is -0.336 e. The zero-order valence-electron chi connectivity index (χ0n) is 15.6. The van der Waals surface area contributed by atoms with E-state index in [-0.39, 0.29) is 5.91 Å². The van der Waals surface area contributed by atoms with E-state index in [2.05, 4.69) is 34.3 Å². The molecule has 5 nitrogen and oxygen atoms in total. The molecule has 3 aromatic rings. The molecule has 1 saturated heterocycles. The van der Waals surface area contributed by atoms with Gasteiger partial charge in [-0.15, -0.1) is 0 Å². The molecular weight excluding hydrogens is 336 g/mol. The van der Waals surface area contributed by atoms with Gasteiger partial charge in [-0.3, -0.25) is 9.69 Å². The van der Waals surface area contributed by atoms with E-state index in [1.807, 2.05) is 52.9 Å². The Morgan fingerprint density at radius 3 is 2.26 bits per heavy atom. The maximum absolute atomic E-state index is 12.8. The lowest BCUT2D eigenvalue weighted by molar-refractivity contribution is 0.0628. The molecule has 1 amide bonds. The Kier molecular flexibility index (Phi) is 5.03. The zero-order valence-corrected chi connectivity index (χ0v) is 15.6. The number of piperazine rings is 1. The van der Waals surface area contributed by atoms with E-state index in [9.17, 15) is 4.79 Å². The van der Waals surface area contributed by atoms with Crippen LogP contribution in [0.2, 0.25) is 0 Å². The average Bonchev–Trinajstić information content (AvgIpc) is 3.15. The van der Waals surface area contributed by atoms with Crippen LogP contribution < -0.4 is 0 Å². The number of hydrogen-bond donors (Lipinski definition) is 0. The van der Waals surface area contributed by atoms with Crippen LogP contribution >= 0.6 is 0 Å². The molecule has 2 aromatic carbocycles. The van der Waals surface area contributed by atoms with Crippen LogP contribution in [0, 0.1) is 6.92 Å². The number of rotatable bonds is 4. The third kappa shape index (κ3) is 3.93. The molecule has 2 heterocycles. The molecule has 0 spiro atoms. The largest absolute Gasteiger partial charge is 0.336 e. The van der Waals surface area contributed by atoms with Gasteiger partial charge >= 0.3 is 0 Å². The number of aryl methyl sites for hydroxylation is 1. The van der Waals surface area contributed by atoms with Crippen molar-refractivity contribution in [3.05, 3.63) is 83.7 Å². The number of nitrogens with zero attached hydrogens (tertiary/aromatic N) is 4. The van der Waals surface area contributed by atoms with Crippen LogP contribution in [-0.4, -0.2) is 51.7 Å². The van der Waals surface area contributed by atoms with Gasteiger partial charge < -0.3 is 4.90 Å². The predicted octanol–water partition coefficient (Wildman–Crippen LogP) is 3.14. The Morgan fingerprint density at radius 1 is 0.926 bits per heavy atom. The lowest BCUT2D eigenvalue weighted by Crippen LogP contribution is -2.48. The molecule has 0 atom stereocenters. The normalized spacial score (nSPS) is 15.1. The second kappa shape index (κ2) is 7.76. The van der Waals surface area contributed by atoms with Crippen molar-refractivity contribution in [1.29, 1.82) is 0 Å². The minimum atomic E-state index is 0.109. The van der Waals surface area contributed by atoms with Crippen molar-refractivity contribution in [2.75, 3.05) is 26.2 Å². The van der Waals surface area contributed by atoms with E-state index in [0.717, 1.165) is 49.7 Å². The summed E-state index contributed by atoms with van der Waals surface area (Å²) in [6, 6.07) is 20.2. The van der Waals surface area contributed by atoms with Gasteiger partial charge in [-0.2, -0.15) is 5.10 Å². The molecule has 1 fully saturated rings. The van der Waals surface area contributed by atoms with Crippen molar-refractivity contribution in [2.24, 2.45) is 0 Å². The third-order valence-electron chi connectivity index (χ3n) is 5.10. The molecule has 27 heavy (non-hydrogen) atoms. The summed E-state index contributed by atoms with van der Waals surface area (Å²) in [4.78, 5) is 17.2. The van der Waals surface area contributed by atoms with Crippen LogP contribution in [0.1, 0.15) is 21.6 Å². The van der Waals surface area contributed by atoms with Crippen LogP contribution in [-0.2, 0) is 6.54 Å². The fraction of sp³-hybridized carbons (Fsp3) is 0.273. The second-order valence-corrected chi connectivity index (χ2v) is 6.99. The van der Waals surface area contributed by atoms with E-state index in [4.69, 9.17) is 0 Å². The van der Waals surface area contributed by atoms with Crippen LogP contribution in [0.5, 0.6) is 0 Å². The van der Waals surface area contributed by atoms with Gasteiger partial charge in [0.05, 0.1) is 5.69 Å². The Hall–Kier alpha value is -2.92. The standard InChI is InChI=1S/C22H24N4O/c1-18-11-12-23-26(18)21-9-7-20(8-10-21)22(27)25-15-13-24(14-16-25)17-19-5-3-2-4-6-19/h2-12H,13-17H2,1H3. The lowest BCUT2D eigenvalue weighted by atomic mass is 10.1. The lowest BCUT2D eigenvalue weighted by Gasteiger charge is -2.34. The first-order valence-corrected chi connectivity index (χ1v) is 9.37. The zero-order chi connectivity index (χ0) is 18.6. The third-order valence-corrected chi connectivity index (χ3v) is 5.10. The summed E-state index contributed by atoms with van der Waals surface area (Å²) >= 11 is 0. The van der Waals surface area contributed by atoms with Gasteiger partial charge in [0, 0.05) is 50.2 Å². The van der Waals surface area contributed by atoms with Crippen molar-refractivity contribution in [1.82, 2.24) is 19.6 Å². The molecule has 138 valence electrons. The minimum absolute atomic E-state index is 0.109. The van der Waals surface area contributed by atoms with E-state index in [0.29, 0.717) is 0 Å². The Balaban J connectivity index is 1.36. The van der Waals surface area contributed by atoms with Crippen LogP contribution in [0.4, 0.5) is 0 Å². The molecule has 0 radical (unpaired) electrons. The van der Waals surface area contributed by atoms with E-state index >= 15 is 0 Å². The highest BCUT2D eigenvalue weighted by molar-refractivity contribution is 5.94. The number of benzene rings is 2. The summed E-state index contributed by atoms with van der Waals surface area (Å²) < 4.78 is 1.87. The number of amides is 1. The number of carbonyl (C=O) groups excluding carboxylic acids is 1. The summed E-state index contributed by atoms with van der Waals surface area (Å²) in [6.07, 6.45) is 1.78. The molecule has 0 unspecified atom stereocenters. The van der Waals surface area contributed by atoms with Crippen molar-refractivity contribution in [3.63, 3.8) is 0 Å². The first kappa shape index (κ1) is 17.5. The Bertz CT molecular complexity index is 894. The van der Waals surface area contributed by atoms with Gasteiger partial charge in [0.1, 0.15) is 0 Å². The van der Waals surface area contributed by atoms with Crippen LogP contribution in [0.15, 0.2) is 66.9 Å². The molecule has 1 aliphatic heterocycles. The monoisotopic (exact) mass is 360 g/mol. The first-order valence-electron chi connectivity index (χ1n) is 9.37. The topological polar surface area (TPSA) is 41.4 Å². The summed E-state index contributed by atoms with van der Waals surface area (Å²) in [6.45, 7) is 6.32. The quantitative estimate of drug-likeness (QED) is 0.718. The van der Waals surface area contributed by atoms with Gasteiger partial charge in [0.25, 0.3) is 5.91 Å². The summed E-state index contributed by atoms with van der Waals surface area (Å²) in [7, 11) is 0. The molecule has 0 N–H and O–H groups in total. The number of hydrogen-bond acceptors (Lipinski definition) is 3. The average molecular weight is 360 g/mol. The fourth-order valence-electron chi connectivity index (χ4n) is 3.52. The highest BCUT2D eigenvalue weighted by Gasteiger charge is 2.22. The maximum atomic E-state index is 12.8. The molecule has 5 heteroatoms. The molecule has 1 aliphatic rings. The number of carbonyl (C=O) groups is 1. The van der Waals surface area contributed by atoms with Gasteiger partial charge in [-0.25, -0.2) is 4.68 Å². The summed E-state index contributed by atoms with van der Waals surface area (Å²) in [5.74, 6) is 0.109. The Labute approximate surface area is 159 Å². The summed E-state index contributed by atoms with van der Waals surface area (Å²) in [5, 5.41) is 4.31.